The van der Waals surface area contributed by atoms with Crippen molar-refractivity contribution >= 4 is 5.69 Å². The van der Waals surface area contributed by atoms with Gasteiger partial charge < -0.3 is 10.6 Å². The Labute approximate surface area is 142 Å². The van der Waals surface area contributed by atoms with E-state index in [9.17, 15) is 4.79 Å². The fourth-order valence-electron chi connectivity index (χ4n) is 3.17. The summed E-state index contributed by atoms with van der Waals surface area (Å²) >= 11 is 0. The zero-order valence-corrected chi connectivity index (χ0v) is 14.0. The molecule has 3 heterocycles. The normalized spacial score (nSPS) is 15.6. The van der Waals surface area contributed by atoms with Gasteiger partial charge in [-0.1, -0.05) is 6.07 Å². The molecule has 1 aliphatic heterocycles. The highest BCUT2D eigenvalue weighted by molar-refractivity contribution is 5.43. The Morgan fingerprint density at radius 2 is 2.08 bits per heavy atom. The van der Waals surface area contributed by atoms with Gasteiger partial charge in [0.25, 0.3) is 5.56 Å². The van der Waals surface area contributed by atoms with Crippen LogP contribution in [0.4, 0.5) is 5.69 Å². The summed E-state index contributed by atoms with van der Waals surface area (Å²) in [6.07, 6.45) is 9.40. The molecular formula is C18H25N5O. The maximum Gasteiger partial charge on any atom is 0.268 e. The lowest BCUT2D eigenvalue weighted by atomic mass is 9.97. The van der Waals surface area contributed by atoms with Gasteiger partial charge in [0.2, 0.25) is 0 Å². The first-order chi connectivity index (χ1) is 11.8. The molecule has 1 aliphatic rings. The summed E-state index contributed by atoms with van der Waals surface area (Å²) in [5, 5.41) is 4.35. The van der Waals surface area contributed by atoms with Gasteiger partial charge in [-0.2, -0.15) is 5.10 Å². The molecule has 0 radical (unpaired) electrons. The maximum absolute atomic E-state index is 12.3. The SMILES string of the molecule is NCC1CCN(c2cnn(CCCc3cccnc3)c(=O)c2)CC1. The minimum absolute atomic E-state index is 0.0281. The van der Waals surface area contributed by atoms with Crippen molar-refractivity contribution in [3.63, 3.8) is 0 Å². The first-order valence-electron chi connectivity index (χ1n) is 8.67. The van der Waals surface area contributed by atoms with Crippen molar-refractivity contribution < 1.29 is 0 Å². The molecule has 2 aromatic heterocycles. The number of rotatable bonds is 6. The predicted octanol–water partition coefficient (Wildman–Crippen LogP) is 1.45. The van der Waals surface area contributed by atoms with Crippen molar-refractivity contribution in [2.75, 3.05) is 24.5 Å². The molecule has 3 rings (SSSR count). The summed E-state index contributed by atoms with van der Waals surface area (Å²) in [4.78, 5) is 18.6. The van der Waals surface area contributed by atoms with Gasteiger partial charge in [0.05, 0.1) is 11.9 Å². The summed E-state index contributed by atoms with van der Waals surface area (Å²) in [5.41, 5.74) is 7.82. The van der Waals surface area contributed by atoms with Crippen LogP contribution in [-0.2, 0) is 13.0 Å². The molecule has 2 N–H and O–H groups in total. The third kappa shape index (κ3) is 4.20. The van der Waals surface area contributed by atoms with Crippen LogP contribution in [0.3, 0.4) is 0 Å². The van der Waals surface area contributed by atoms with Crippen molar-refractivity contribution in [2.45, 2.75) is 32.2 Å². The van der Waals surface area contributed by atoms with Crippen LogP contribution in [0.15, 0.2) is 41.6 Å². The molecule has 6 nitrogen and oxygen atoms in total. The van der Waals surface area contributed by atoms with Crippen molar-refractivity contribution in [2.24, 2.45) is 11.7 Å². The first kappa shape index (κ1) is 16.6. The molecule has 128 valence electrons. The Morgan fingerprint density at radius 3 is 2.75 bits per heavy atom. The van der Waals surface area contributed by atoms with Crippen LogP contribution in [0.2, 0.25) is 0 Å². The van der Waals surface area contributed by atoms with Crippen molar-refractivity contribution in [3.8, 4) is 0 Å². The molecule has 0 aliphatic carbocycles. The topological polar surface area (TPSA) is 77.0 Å². The Bertz CT molecular complexity index is 692. The van der Waals surface area contributed by atoms with E-state index in [-0.39, 0.29) is 5.56 Å². The van der Waals surface area contributed by atoms with Crippen LogP contribution in [0.5, 0.6) is 0 Å². The van der Waals surface area contributed by atoms with Gasteiger partial charge in [0.1, 0.15) is 0 Å². The lowest BCUT2D eigenvalue weighted by molar-refractivity contribution is 0.413. The minimum Gasteiger partial charge on any atom is -0.370 e. The molecule has 0 saturated carbocycles. The fraction of sp³-hybridized carbons (Fsp3) is 0.500. The number of anilines is 1. The molecule has 1 saturated heterocycles. The van der Waals surface area contributed by atoms with Gasteiger partial charge >= 0.3 is 0 Å². The number of piperidine rings is 1. The van der Waals surface area contributed by atoms with Crippen LogP contribution < -0.4 is 16.2 Å². The highest BCUT2D eigenvalue weighted by Gasteiger charge is 2.18. The Hall–Kier alpha value is -2.21. The molecule has 24 heavy (non-hydrogen) atoms. The summed E-state index contributed by atoms with van der Waals surface area (Å²) in [5.74, 6) is 0.613. The Morgan fingerprint density at radius 1 is 1.25 bits per heavy atom. The van der Waals surface area contributed by atoms with Gasteiger partial charge in [0, 0.05) is 38.1 Å². The van der Waals surface area contributed by atoms with E-state index in [1.807, 2.05) is 18.5 Å². The van der Waals surface area contributed by atoms with Crippen molar-refractivity contribution in [3.05, 3.63) is 52.7 Å². The zero-order valence-electron chi connectivity index (χ0n) is 14.0. The van der Waals surface area contributed by atoms with Gasteiger partial charge in [-0.25, -0.2) is 4.68 Å². The third-order valence-electron chi connectivity index (χ3n) is 4.73. The zero-order chi connectivity index (χ0) is 16.8. The molecule has 0 amide bonds. The van der Waals surface area contributed by atoms with Crippen LogP contribution in [0, 0.1) is 5.92 Å². The monoisotopic (exact) mass is 327 g/mol. The lowest BCUT2D eigenvalue weighted by Crippen LogP contribution is -2.37. The summed E-state index contributed by atoms with van der Waals surface area (Å²) in [6.45, 7) is 3.29. The largest absolute Gasteiger partial charge is 0.370 e. The molecule has 6 heteroatoms. The van der Waals surface area contributed by atoms with E-state index < -0.39 is 0 Å². The van der Waals surface area contributed by atoms with Crippen molar-refractivity contribution in [1.82, 2.24) is 14.8 Å². The summed E-state index contributed by atoms with van der Waals surface area (Å²) < 4.78 is 1.55. The fourth-order valence-corrected chi connectivity index (χ4v) is 3.17. The van der Waals surface area contributed by atoms with Crippen LogP contribution >= 0.6 is 0 Å². The number of hydrogen-bond acceptors (Lipinski definition) is 5. The van der Waals surface area contributed by atoms with Crippen LogP contribution in [0.25, 0.3) is 0 Å². The molecule has 0 atom stereocenters. The second-order valence-corrected chi connectivity index (χ2v) is 6.41. The quantitative estimate of drug-likeness (QED) is 0.869. The van der Waals surface area contributed by atoms with Gasteiger partial charge in [-0.15, -0.1) is 0 Å². The number of nitrogens with two attached hydrogens (primary N) is 1. The minimum atomic E-state index is -0.0281. The van der Waals surface area contributed by atoms with Gasteiger partial charge in [-0.05, 0) is 49.8 Å². The average molecular weight is 327 g/mol. The van der Waals surface area contributed by atoms with E-state index in [4.69, 9.17) is 5.73 Å². The van der Waals surface area contributed by atoms with E-state index >= 15 is 0 Å². The second kappa shape index (κ2) is 8.06. The van der Waals surface area contributed by atoms with Crippen LogP contribution in [-0.4, -0.2) is 34.4 Å². The van der Waals surface area contributed by atoms with Crippen LogP contribution in [0.1, 0.15) is 24.8 Å². The summed E-state index contributed by atoms with van der Waals surface area (Å²) in [6, 6.07) is 5.69. The number of nitrogens with zero attached hydrogens (tertiary/aromatic N) is 4. The Kier molecular flexibility index (Phi) is 5.59. The molecule has 0 unspecified atom stereocenters. The molecule has 0 aromatic carbocycles. The highest BCUT2D eigenvalue weighted by atomic mass is 16.1. The maximum atomic E-state index is 12.3. The lowest BCUT2D eigenvalue weighted by Gasteiger charge is -2.32. The van der Waals surface area contributed by atoms with Gasteiger partial charge in [0.15, 0.2) is 0 Å². The van der Waals surface area contributed by atoms with Crippen molar-refractivity contribution in [1.29, 1.82) is 0 Å². The molecule has 1 fully saturated rings. The predicted molar refractivity (Wildman–Crippen MR) is 95.0 cm³/mol. The summed E-state index contributed by atoms with van der Waals surface area (Å²) in [7, 11) is 0. The molecule has 0 bridgehead atoms. The second-order valence-electron chi connectivity index (χ2n) is 6.41. The van der Waals surface area contributed by atoms with E-state index in [1.54, 1.807) is 16.9 Å². The standard InChI is InChI=1S/C18H25N5O/c19-12-15-5-9-22(10-6-15)17-11-18(24)23(21-14-17)8-2-4-16-3-1-7-20-13-16/h1,3,7,11,13-15H,2,4-6,8-10,12,19H2. The highest BCUT2D eigenvalue weighted by Crippen LogP contribution is 2.20. The molecular weight excluding hydrogens is 302 g/mol. The molecule has 0 spiro atoms. The van der Waals surface area contributed by atoms with Gasteiger partial charge in [-0.3, -0.25) is 9.78 Å². The van der Waals surface area contributed by atoms with E-state index in [2.05, 4.69) is 21.0 Å². The number of hydrogen-bond donors (Lipinski definition) is 1. The van der Waals surface area contributed by atoms with E-state index in [0.717, 1.165) is 51.0 Å². The average Bonchev–Trinajstić information content (AvgIpc) is 2.64. The van der Waals surface area contributed by atoms with E-state index in [1.165, 1.54) is 5.56 Å². The number of aryl methyl sites for hydroxylation is 2. The van der Waals surface area contributed by atoms with E-state index in [0.29, 0.717) is 12.5 Å². The molecule has 2 aromatic rings. The number of pyridine rings is 1. The third-order valence-corrected chi connectivity index (χ3v) is 4.73. The number of aromatic nitrogens is 3. The Balaban J connectivity index is 1.56. The first-order valence-corrected chi connectivity index (χ1v) is 8.67. The smallest absolute Gasteiger partial charge is 0.268 e.